The van der Waals surface area contributed by atoms with Crippen LogP contribution in [0.4, 0.5) is 11.9 Å². The molecule has 5 aliphatic rings. The van der Waals surface area contributed by atoms with Gasteiger partial charge < -0.3 is 74.7 Å². The molecule has 12 heterocycles. The molecule has 0 amide bonds. The van der Waals surface area contributed by atoms with Crippen molar-refractivity contribution in [2.75, 3.05) is 44.5 Å². The first-order valence-corrected chi connectivity index (χ1v) is 38.1. The van der Waals surface area contributed by atoms with Gasteiger partial charge in [0.2, 0.25) is 11.9 Å². The van der Waals surface area contributed by atoms with Gasteiger partial charge >= 0.3 is 56.2 Å². The van der Waals surface area contributed by atoms with Crippen LogP contribution in [0.15, 0.2) is 75.7 Å². The van der Waals surface area contributed by atoms with Crippen molar-refractivity contribution in [1.82, 2.24) is 67.7 Å². The summed E-state index contributed by atoms with van der Waals surface area (Å²) >= 11 is 0. The Labute approximate surface area is 580 Å². The predicted octanol–water partition coefficient (Wildman–Crippen LogP) is -4.43. The van der Waals surface area contributed by atoms with Crippen LogP contribution in [0.5, 0.6) is 0 Å². The molecule has 574 valence electrons. The highest BCUT2D eigenvalue weighted by Crippen LogP contribution is 2.55. The molecular formula is C49H63N16O35P5. The number of aliphatic hydroxyl groups excluding tert-OH is 2. The minimum absolute atomic E-state index is 0.00995. The second-order valence-corrected chi connectivity index (χ2v) is 30.8. The number of hydrogen-bond acceptors (Lipinski definition) is 35. The molecule has 105 heavy (non-hydrogen) atoms. The molecule has 7 aromatic heterocycles. The lowest BCUT2D eigenvalue weighted by molar-refractivity contribution is -0.0649. The number of imidazole rings is 2. The molecule has 5 aliphatic heterocycles. The smallest absolute Gasteiger partial charge is 0.387 e. The Morgan fingerprint density at radius 2 is 0.800 bits per heavy atom. The number of anilines is 2. The van der Waals surface area contributed by atoms with Crippen molar-refractivity contribution < 1.29 is 127 Å². The summed E-state index contributed by atoms with van der Waals surface area (Å²) in [5.74, 6) is -0.786. The second-order valence-electron chi connectivity index (χ2n) is 24.0. The molecule has 20 unspecified atom stereocenters. The zero-order valence-electron chi connectivity index (χ0n) is 53.6. The van der Waals surface area contributed by atoms with E-state index in [1.807, 2.05) is 9.97 Å². The Morgan fingerprint density at radius 3 is 1.16 bits per heavy atom. The van der Waals surface area contributed by atoms with Crippen LogP contribution in [-0.2, 0) is 87.2 Å². The second kappa shape index (κ2) is 30.0. The number of aliphatic hydroxyl groups is 2. The lowest BCUT2D eigenvalue weighted by Crippen LogP contribution is -2.37. The van der Waals surface area contributed by atoms with E-state index in [-0.39, 0.29) is 39.4 Å². The predicted molar refractivity (Wildman–Crippen MR) is 339 cm³/mol. The topological polar surface area (TPSA) is 720 Å². The van der Waals surface area contributed by atoms with Gasteiger partial charge in [-0.1, -0.05) is 0 Å². The van der Waals surface area contributed by atoms with Crippen molar-refractivity contribution >= 4 is 73.3 Å². The fraction of sp³-hybridized carbons (Fsp3) is 0.551. The molecule has 0 aliphatic carbocycles. The van der Waals surface area contributed by atoms with E-state index in [0.717, 1.165) is 60.1 Å². The van der Waals surface area contributed by atoms with Gasteiger partial charge in [0.15, 0.2) is 28.6 Å². The first kappa shape index (κ1) is 77.2. The lowest BCUT2D eigenvalue weighted by Gasteiger charge is -2.25. The van der Waals surface area contributed by atoms with Gasteiger partial charge in [0.1, 0.15) is 92.1 Å². The fourth-order valence-corrected chi connectivity index (χ4v) is 16.0. The molecule has 51 nitrogen and oxygen atoms in total. The van der Waals surface area contributed by atoms with Gasteiger partial charge in [0, 0.05) is 61.5 Å². The third kappa shape index (κ3) is 17.6. The number of phosphoric acid groups is 5. The van der Waals surface area contributed by atoms with Gasteiger partial charge in [-0.2, -0.15) is 9.97 Å². The quantitative estimate of drug-likeness (QED) is 0.0206. The first-order valence-electron chi connectivity index (χ1n) is 30.6. The van der Waals surface area contributed by atoms with Gasteiger partial charge in [0.25, 0.3) is 27.8 Å². The van der Waals surface area contributed by atoms with Gasteiger partial charge in [-0.25, -0.2) is 47.2 Å². The highest BCUT2D eigenvalue weighted by Gasteiger charge is 2.51. The van der Waals surface area contributed by atoms with E-state index >= 15 is 0 Å². The number of aryl methyl sites for hydroxylation is 2. The van der Waals surface area contributed by atoms with E-state index in [2.05, 4.69) is 39.4 Å². The van der Waals surface area contributed by atoms with Crippen LogP contribution in [0, 0.1) is 13.8 Å². The van der Waals surface area contributed by atoms with E-state index in [0.29, 0.717) is 0 Å². The maximum atomic E-state index is 14.3. The van der Waals surface area contributed by atoms with E-state index < -0.39 is 247 Å². The third-order valence-corrected chi connectivity index (χ3v) is 21.2. The number of rotatable bonds is 28. The van der Waals surface area contributed by atoms with E-state index in [9.17, 15) is 101 Å². The summed E-state index contributed by atoms with van der Waals surface area (Å²) in [5.41, 5.74) is 3.43. The first-order chi connectivity index (χ1) is 49.3. The zero-order chi connectivity index (χ0) is 75.7. The number of aromatic nitrogens is 14. The van der Waals surface area contributed by atoms with Crippen LogP contribution >= 0.6 is 39.1 Å². The van der Waals surface area contributed by atoms with Crippen LogP contribution in [0.1, 0.15) is 67.9 Å². The summed E-state index contributed by atoms with van der Waals surface area (Å²) in [6.07, 6.45) is -23.9. The Balaban J connectivity index is 0.758. The van der Waals surface area contributed by atoms with E-state index in [4.69, 9.17) is 71.3 Å². The number of nitrogens with one attached hydrogen (secondary N) is 5. The van der Waals surface area contributed by atoms with Crippen LogP contribution < -0.4 is 56.3 Å². The molecule has 17 N–H and O–H groups in total. The minimum Gasteiger partial charge on any atom is -0.387 e. The number of nitrogen functional groups attached to an aromatic ring is 2. The molecule has 5 fully saturated rings. The number of H-pyrrole nitrogens is 5. The van der Waals surface area contributed by atoms with E-state index in [1.165, 1.54) is 13.8 Å². The molecule has 5 saturated heterocycles. The maximum absolute atomic E-state index is 14.3. The Bertz CT molecular complexity index is 5220. The fourth-order valence-electron chi connectivity index (χ4n) is 11.8. The van der Waals surface area contributed by atoms with Gasteiger partial charge in [-0.05, 0) is 13.8 Å². The van der Waals surface area contributed by atoms with Crippen LogP contribution in [0.2, 0.25) is 0 Å². The SMILES string of the molecule is Cc1cn(C2CC(OP(=O)(O)OCC3OC(n4cnc5c(=O)[nH]c(N)nc54)CC3OP(=O)(O)OCC3OC(n4cc(C)c(=O)[nH]c4=O)CC3OP(=O)(O)OCC3OC(n4cnc5c(=O)[nH]c(N)nc54)CC3OP(=O)(O)OCC3OC(n4ccc(=O)[nH]c4=O)C(O)C3O)C(COP(=O)(O)O)O2)c(=O)[nH]c1=O. The number of nitrogens with two attached hydrogens (primary N) is 2. The normalized spacial score (nSPS) is 29.5. The zero-order valence-corrected chi connectivity index (χ0v) is 58.1. The third-order valence-electron chi connectivity index (χ3n) is 16.7. The molecule has 7 aromatic rings. The standard InChI is InChI=1S/C49H63N16O35P5/c1-18-9-62(48(74)59-40(18)69)30-5-20(24(92-30)11-87-101(76,77)78)97-102(79,80)89-13-26-22(7-32(94-26)64-16-52-34-38(64)55-45(50)57-42(34)71)99-104(83,84)88-12-25-21(6-31(93-25)63-10-19(2)41(70)60-49(63)75)98-103(81,82)90-14-27-23(8-33(95-27)65-17-53-35-39(65)56-46(51)58-43(35)72)100-105(85,86)91-15-28-36(67)37(68)44(96-28)61-4-3-29(66)54-47(61)73/h3-4,9-10,16-17,20-28,30-33,36-37,44,67-68H,5-8,11-15H2,1-2H3,(H,79,80)(H,81,82)(H,83,84)(H,85,86)(H,54,66,73)(H,59,69,74)(H,60,70,75)(H2,76,77,78)(H3,50,55,57,71)(H3,51,56,58,72). The molecular weight excluding hydrogens is 1530 g/mol. The van der Waals surface area contributed by atoms with E-state index in [1.54, 1.807) is 0 Å². The molecule has 0 spiro atoms. The molecule has 12 rings (SSSR count). The Morgan fingerprint density at radius 1 is 0.457 bits per heavy atom. The summed E-state index contributed by atoms with van der Waals surface area (Å²) < 4.78 is 150. The lowest BCUT2D eigenvalue weighted by atomic mass is 10.1. The van der Waals surface area contributed by atoms with Crippen molar-refractivity contribution in [1.29, 1.82) is 0 Å². The summed E-state index contributed by atoms with van der Waals surface area (Å²) in [4.78, 5) is 191. The number of ether oxygens (including phenoxy) is 5. The summed E-state index contributed by atoms with van der Waals surface area (Å²) in [7, 11) is -27.5. The van der Waals surface area contributed by atoms with Crippen LogP contribution in [-0.4, -0.2) is 207 Å². The monoisotopic (exact) mass is 1590 g/mol. The van der Waals surface area contributed by atoms with Crippen molar-refractivity contribution in [3.63, 3.8) is 0 Å². The Hall–Kier alpha value is -7.39. The molecule has 0 radical (unpaired) electrons. The van der Waals surface area contributed by atoms with Crippen LogP contribution in [0.25, 0.3) is 22.3 Å². The van der Waals surface area contributed by atoms with Crippen LogP contribution in [0.3, 0.4) is 0 Å². The van der Waals surface area contributed by atoms with Gasteiger partial charge in [-0.15, -0.1) is 0 Å². The van der Waals surface area contributed by atoms with Crippen molar-refractivity contribution in [2.45, 2.75) is 138 Å². The molecule has 0 aromatic carbocycles. The maximum Gasteiger partial charge on any atom is 0.472 e. The molecule has 20 atom stereocenters. The largest absolute Gasteiger partial charge is 0.472 e. The number of aromatic amines is 5. The highest BCUT2D eigenvalue weighted by atomic mass is 31.2. The van der Waals surface area contributed by atoms with Crippen molar-refractivity contribution in [3.8, 4) is 0 Å². The van der Waals surface area contributed by atoms with Gasteiger partial charge in [-0.3, -0.25) is 112 Å². The summed E-state index contributed by atoms with van der Waals surface area (Å²) in [5, 5.41) is 21.5. The average molecular weight is 1590 g/mol. The van der Waals surface area contributed by atoms with Crippen molar-refractivity contribution in [3.05, 3.63) is 132 Å². The summed E-state index contributed by atoms with van der Waals surface area (Å²) in [6, 6.07) is 0.911. The Kier molecular flexibility index (Phi) is 22.1. The van der Waals surface area contributed by atoms with Crippen molar-refractivity contribution in [2.24, 2.45) is 0 Å². The molecule has 0 bridgehead atoms. The number of nitrogens with zero attached hydrogens (tertiary/aromatic N) is 9. The average Bonchev–Trinajstić information content (AvgIpc) is 1.65. The molecule has 0 saturated carbocycles. The minimum atomic E-state index is -5.64. The number of hydrogen-bond donors (Lipinski definition) is 15. The number of fused-ring (bicyclic) bond motifs is 2. The highest BCUT2D eigenvalue weighted by molar-refractivity contribution is 7.48. The number of phosphoric ester groups is 5. The molecule has 56 heteroatoms. The van der Waals surface area contributed by atoms with Gasteiger partial charge in [0.05, 0.1) is 45.7 Å². The summed E-state index contributed by atoms with van der Waals surface area (Å²) in [6.45, 7) is -2.80.